The van der Waals surface area contributed by atoms with Crippen LogP contribution in [0.4, 0.5) is 24.7 Å². The van der Waals surface area contributed by atoms with Crippen LogP contribution in [0.25, 0.3) is 5.65 Å². The summed E-state index contributed by atoms with van der Waals surface area (Å²) in [6, 6.07) is 2.52. The molecule has 0 radical (unpaired) electrons. The largest absolute Gasteiger partial charge is 0.437 e. The van der Waals surface area contributed by atoms with Gasteiger partial charge in [-0.3, -0.25) is 9.48 Å². The van der Waals surface area contributed by atoms with Crippen molar-refractivity contribution in [3.63, 3.8) is 0 Å². The summed E-state index contributed by atoms with van der Waals surface area (Å²) in [6.45, 7) is 1.74. The molecule has 1 amide bonds. The standard InChI is InChI=1S/C18H19F3N8O/c1-27-9-13(15(26-27)18(19,20)21)24-17(30)12-8-23-28-5-4-14(25-16(12)28)29-10-2-3-11(29)7-22-6-10/h4-5,8-11,22H,2-3,6-7H2,1H3,(H,24,30)/t10-,11+. The molecule has 3 aromatic heterocycles. The van der Waals surface area contributed by atoms with Crippen LogP contribution in [0.3, 0.4) is 0 Å². The molecule has 2 saturated heterocycles. The molecular formula is C18H19F3N8O. The summed E-state index contributed by atoms with van der Waals surface area (Å²) < 4.78 is 42.0. The van der Waals surface area contributed by atoms with Gasteiger partial charge >= 0.3 is 6.18 Å². The molecule has 0 unspecified atom stereocenters. The van der Waals surface area contributed by atoms with Crippen LogP contribution in [-0.2, 0) is 13.2 Å². The van der Waals surface area contributed by atoms with Crippen molar-refractivity contribution in [2.75, 3.05) is 23.3 Å². The van der Waals surface area contributed by atoms with Crippen molar-refractivity contribution >= 4 is 23.1 Å². The van der Waals surface area contributed by atoms with Crippen molar-refractivity contribution in [1.82, 2.24) is 29.7 Å². The van der Waals surface area contributed by atoms with E-state index in [1.165, 1.54) is 17.8 Å². The molecule has 2 N–H and O–H groups in total. The normalized spacial score (nSPS) is 21.4. The van der Waals surface area contributed by atoms with Gasteiger partial charge in [0.1, 0.15) is 11.4 Å². The number of hydrogen-bond acceptors (Lipinski definition) is 6. The Morgan fingerprint density at radius 3 is 2.70 bits per heavy atom. The third-order valence-electron chi connectivity index (χ3n) is 5.59. The average molecular weight is 420 g/mol. The average Bonchev–Trinajstić information content (AvgIpc) is 3.34. The Bertz CT molecular complexity index is 1100. The Morgan fingerprint density at radius 2 is 2.00 bits per heavy atom. The SMILES string of the molecule is Cn1cc(NC(=O)c2cnn3ccc(N4[C@@H]5CC[C@H]4CNC5)nc23)c(C(F)(F)F)n1. The van der Waals surface area contributed by atoms with Crippen molar-refractivity contribution < 1.29 is 18.0 Å². The van der Waals surface area contributed by atoms with Gasteiger partial charge in [-0.1, -0.05) is 0 Å². The molecule has 0 spiro atoms. The zero-order valence-corrected chi connectivity index (χ0v) is 16.0. The number of amides is 1. The zero-order valence-electron chi connectivity index (χ0n) is 16.0. The molecule has 12 heteroatoms. The lowest BCUT2D eigenvalue weighted by Crippen LogP contribution is -2.52. The van der Waals surface area contributed by atoms with Gasteiger partial charge in [-0.25, -0.2) is 9.50 Å². The van der Waals surface area contributed by atoms with Crippen LogP contribution in [-0.4, -0.2) is 55.5 Å². The lowest BCUT2D eigenvalue weighted by Gasteiger charge is -2.36. The lowest BCUT2D eigenvalue weighted by molar-refractivity contribution is -0.140. The van der Waals surface area contributed by atoms with Crippen LogP contribution in [0.1, 0.15) is 28.9 Å². The van der Waals surface area contributed by atoms with E-state index < -0.39 is 23.5 Å². The Kier molecular flexibility index (Phi) is 4.20. The fraction of sp³-hybridized carbons (Fsp3) is 0.444. The lowest BCUT2D eigenvalue weighted by atomic mass is 10.2. The van der Waals surface area contributed by atoms with Gasteiger partial charge in [-0.05, 0) is 18.9 Å². The van der Waals surface area contributed by atoms with E-state index in [9.17, 15) is 18.0 Å². The number of nitrogens with zero attached hydrogens (tertiary/aromatic N) is 6. The van der Waals surface area contributed by atoms with E-state index in [1.807, 2.05) is 6.07 Å². The number of anilines is 2. The fourth-order valence-electron chi connectivity index (χ4n) is 4.29. The minimum Gasteiger partial charge on any atom is -0.348 e. The highest BCUT2D eigenvalue weighted by molar-refractivity contribution is 6.08. The molecule has 0 aliphatic carbocycles. The van der Waals surface area contributed by atoms with Gasteiger partial charge in [0.15, 0.2) is 11.3 Å². The molecule has 2 bridgehead atoms. The predicted molar refractivity (Wildman–Crippen MR) is 101 cm³/mol. The maximum Gasteiger partial charge on any atom is 0.437 e. The van der Waals surface area contributed by atoms with Crippen molar-refractivity contribution in [2.24, 2.45) is 7.05 Å². The Hall–Kier alpha value is -3.15. The van der Waals surface area contributed by atoms with E-state index in [4.69, 9.17) is 0 Å². The Labute approximate surface area is 168 Å². The van der Waals surface area contributed by atoms with Crippen molar-refractivity contribution in [1.29, 1.82) is 0 Å². The molecule has 3 aromatic rings. The minimum absolute atomic E-state index is 0.0938. The number of carbonyl (C=O) groups is 1. The number of alkyl halides is 3. The highest BCUT2D eigenvalue weighted by Crippen LogP contribution is 2.34. The van der Waals surface area contributed by atoms with Gasteiger partial charge in [-0.2, -0.15) is 23.4 Å². The first-order valence-electron chi connectivity index (χ1n) is 9.57. The third-order valence-corrected chi connectivity index (χ3v) is 5.59. The summed E-state index contributed by atoms with van der Waals surface area (Å²) in [7, 11) is 1.36. The summed E-state index contributed by atoms with van der Waals surface area (Å²) in [5, 5.41) is 13.2. The van der Waals surface area contributed by atoms with E-state index in [2.05, 4.69) is 30.7 Å². The first-order chi connectivity index (χ1) is 14.3. The number of halogens is 3. The summed E-state index contributed by atoms with van der Waals surface area (Å²) in [6.07, 6.45) is 1.58. The van der Waals surface area contributed by atoms with E-state index in [1.54, 1.807) is 6.20 Å². The number of nitrogens with one attached hydrogen (secondary N) is 2. The summed E-state index contributed by atoms with van der Waals surface area (Å²) >= 11 is 0. The summed E-state index contributed by atoms with van der Waals surface area (Å²) in [4.78, 5) is 19.7. The topological polar surface area (TPSA) is 92.4 Å². The number of hydrogen-bond donors (Lipinski definition) is 2. The van der Waals surface area contributed by atoms with Gasteiger partial charge in [-0.15, -0.1) is 0 Å². The van der Waals surface area contributed by atoms with E-state index in [-0.39, 0.29) is 5.56 Å². The molecule has 2 aliphatic heterocycles. The number of piperazine rings is 1. The fourth-order valence-corrected chi connectivity index (χ4v) is 4.29. The van der Waals surface area contributed by atoms with Gasteiger partial charge in [0, 0.05) is 44.6 Å². The smallest absolute Gasteiger partial charge is 0.348 e. The number of carbonyl (C=O) groups excluding carboxylic acids is 1. The van der Waals surface area contributed by atoms with E-state index in [0.717, 1.165) is 42.6 Å². The molecular weight excluding hydrogens is 401 g/mol. The van der Waals surface area contributed by atoms with E-state index in [0.29, 0.717) is 17.7 Å². The first-order valence-corrected chi connectivity index (χ1v) is 9.57. The molecule has 2 fully saturated rings. The second-order valence-corrected chi connectivity index (χ2v) is 7.58. The zero-order chi connectivity index (χ0) is 21.0. The van der Waals surface area contributed by atoms with Crippen molar-refractivity contribution in [2.45, 2.75) is 31.1 Å². The minimum atomic E-state index is -4.68. The van der Waals surface area contributed by atoms with Gasteiger partial charge < -0.3 is 15.5 Å². The molecule has 5 rings (SSSR count). The molecule has 0 saturated carbocycles. The van der Waals surface area contributed by atoms with Gasteiger partial charge in [0.05, 0.1) is 11.9 Å². The van der Waals surface area contributed by atoms with Gasteiger partial charge in [0.2, 0.25) is 0 Å². The number of rotatable bonds is 3. The quantitative estimate of drug-likeness (QED) is 0.670. The number of aryl methyl sites for hydroxylation is 1. The van der Waals surface area contributed by atoms with Crippen LogP contribution in [0.15, 0.2) is 24.7 Å². The molecule has 2 aliphatic rings. The van der Waals surface area contributed by atoms with Crippen LogP contribution >= 0.6 is 0 Å². The monoisotopic (exact) mass is 420 g/mol. The molecule has 30 heavy (non-hydrogen) atoms. The van der Waals surface area contributed by atoms with Crippen LogP contribution in [0, 0.1) is 0 Å². The maximum absolute atomic E-state index is 13.2. The highest BCUT2D eigenvalue weighted by atomic mass is 19.4. The van der Waals surface area contributed by atoms with Crippen LogP contribution in [0.5, 0.6) is 0 Å². The Morgan fingerprint density at radius 1 is 1.27 bits per heavy atom. The third kappa shape index (κ3) is 3.07. The molecule has 2 atom stereocenters. The van der Waals surface area contributed by atoms with Crippen LogP contribution in [0.2, 0.25) is 0 Å². The number of aromatic nitrogens is 5. The van der Waals surface area contributed by atoms with Crippen molar-refractivity contribution in [3.8, 4) is 0 Å². The maximum atomic E-state index is 13.2. The van der Waals surface area contributed by atoms with E-state index >= 15 is 0 Å². The Balaban J connectivity index is 1.47. The predicted octanol–water partition coefficient (Wildman–Crippen LogP) is 1.67. The molecule has 158 valence electrons. The number of fused-ring (bicyclic) bond motifs is 3. The molecule has 0 aromatic carbocycles. The van der Waals surface area contributed by atoms with Crippen molar-refractivity contribution in [3.05, 3.63) is 35.9 Å². The second-order valence-electron chi connectivity index (χ2n) is 7.58. The summed E-state index contributed by atoms with van der Waals surface area (Å²) in [5.41, 5.74) is -1.18. The second kappa shape index (κ2) is 6.69. The first kappa shape index (κ1) is 18.9. The summed E-state index contributed by atoms with van der Waals surface area (Å²) in [5.74, 6) is 0.0137. The molecule has 9 nitrogen and oxygen atoms in total. The van der Waals surface area contributed by atoms with Crippen LogP contribution < -0.4 is 15.5 Å². The molecule has 5 heterocycles. The highest BCUT2D eigenvalue weighted by Gasteiger charge is 2.39. The van der Waals surface area contributed by atoms with Gasteiger partial charge in [0.25, 0.3) is 5.91 Å².